The van der Waals surface area contributed by atoms with Crippen LogP contribution < -0.4 is 20.1 Å². The van der Waals surface area contributed by atoms with Gasteiger partial charge >= 0.3 is 0 Å². The highest BCUT2D eigenvalue weighted by Gasteiger charge is 2.46. The first kappa shape index (κ1) is 25.3. The van der Waals surface area contributed by atoms with E-state index >= 15 is 0 Å². The van der Waals surface area contributed by atoms with Crippen molar-refractivity contribution in [3.05, 3.63) is 84.4 Å². The van der Waals surface area contributed by atoms with Crippen LogP contribution in [0.5, 0.6) is 17.2 Å². The molecular formula is C30H31N3O5. The zero-order chi connectivity index (χ0) is 26.5. The van der Waals surface area contributed by atoms with E-state index in [9.17, 15) is 14.4 Å². The molecular weight excluding hydrogens is 482 g/mol. The molecule has 1 aliphatic carbocycles. The summed E-state index contributed by atoms with van der Waals surface area (Å²) in [4.78, 5) is 41.8. The number of carbonyl (C=O) groups excluding carboxylic acids is 3. The fourth-order valence-electron chi connectivity index (χ4n) is 5.31. The van der Waals surface area contributed by atoms with Gasteiger partial charge in [0, 0.05) is 11.7 Å². The van der Waals surface area contributed by atoms with Gasteiger partial charge in [-0.15, -0.1) is 0 Å². The molecule has 3 amide bonds. The predicted octanol–water partition coefficient (Wildman–Crippen LogP) is 4.77. The fraction of sp³-hybridized carbons (Fsp3) is 0.300. The second-order valence-corrected chi connectivity index (χ2v) is 9.59. The van der Waals surface area contributed by atoms with Crippen LogP contribution in [0.4, 0.5) is 5.69 Å². The van der Waals surface area contributed by atoms with Gasteiger partial charge in [0.1, 0.15) is 23.3 Å². The SMILES string of the molecule is COc1ccccc1C(=O)N1C(CC(=O)Nc2ccc(Oc3ccccc3)cc2)C(=O)NC2CCCCC21. The smallest absolute Gasteiger partial charge is 0.258 e. The highest BCUT2D eigenvalue weighted by molar-refractivity contribution is 6.03. The number of rotatable bonds is 7. The van der Waals surface area contributed by atoms with Gasteiger partial charge in [-0.05, 0) is 61.4 Å². The number of fused-ring (bicyclic) bond motifs is 1. The van der Waals surface area contributed by atoms with Crippen LogP contribution in [-0.4, -0.2) is 47.9 Å². The van der Waals surface area contributed by atoms with Gasteiger partial charge in [-0.2, -0.15) is 0 Å². The van der Waals surface area contributed by atoms with Gasteiger partial charge in [-0.1, -0.05) is 43.2 Å². The molecule has 1 aliphatic heterocycles. The van der Waals surface area contributed by atoms with Gasteiger partial charge in [-0.25, -0.2) is 0 Å². The van der Waals surface area contributed by atoms with Crippen molar-refractivity contribution in [2.75, 3.05) is 12.4 Å². The van der Waals surface area contributed by atoms with E-state index in [0.29, 0.717) is 28.5 Å². The number of nitrogens with one attached hydrogen (secondary N) is 2. The van der Waals surface area contributed by atoms with Gasteiger partial charge in [0.05, 0.1) is 25.1 Å². The molecule has 2 N–H and O–H groups in total. The Morgan fingerprint density at radius 3 is 2.37 bits per heavy atom. The molecule has 0 bridgehead atoms. The first-order chi connectivity index (χ1) is 18.5. The highest BCUT2D eigenvalue weighted by Crippen LogP contribution is 2.32. The van der Waals surface area contributed by atoms with Crippen LogP contribution in [0.3, 0.4) is 0 Å². The van der Waals surface area contributed by atoms with Gasteiger partial charge in [-0.3, -0.25) is 14.4 Å². The van der Waals surface area contributed by atoms with Crippen molar-refractivity contribution < 1.29 is 23.9 Å². The van der Waals surface area contributed by atoms with E-state index in [4.69, 9.17) is 9.47 Å². The standard InChI is InChI=1S/C30H31N3O5/c1-37-27-14-8-5-11-23(27)30(36)33-25-13-7-6-12-24(25)32-29(35)26(33)19-28(34)31-20-15-17-22(18-16-20)38-21-9-3-2-4-10-21/h2-5,8-11,14-18,24-26H,6-7,12-13,19H2,1H3,(H,31,34)(H,32,35). The van der Waals surface area contributed by atoms with Crippen LogP contribution in [-0.2, 0) is 9.59 Å². The Kier molecular flexibility index (Phi) is 7.58. The summed E-state index contributed by atoms with van der Waals surface area (Å²) in [6, 6.07) is 22.2. The lowest BCUT2D eigenvalue weighted by atomic mass is 9.84. The molecule has 0 spiro atoms. The summed E-state index contributed by atoms with van der Waals surface area (Å²) in [5.41, 5.74) is 0.957. The zero-order valence-corrected chi connectivity index (χ0v) is 21.3. The number of hydrogen-bond acceptors (Lipinski definition) is 5. The van der Waals surface area contributed by atoms with E-state index in [1.54, 1.807) is 53.4 Å². The highest BCUT2D eigenvalue weighted by atomic mass is 16.5. The molecule has 3 aromatic rings. The third kappa shape index (κ3) is 5.49. The largest absolute Gasteiger partial charge is 0.496 e. The molecule has 8 nitrogen and oxygen atoms in total. The van der Waals surface area contributed by atoms with Crippen molar-refractivity contribution in [3.63, 3.8) is 0 Å². The quantitative estimate of drug-likeness (QED) is 0.475. The summed E-state index contributed by atoms with van der Waals surface area (Å²) in [7, 11) is 1.51. The van der Waals surface area contributed by atoms with E-state index in [1.165, 1.54) is 7.11 Å². The first-order valence-electron chi connectivity index (χ1n) is 12.9. The number of benzene rings is 3. The van der Waals surface area contributed by atoms with Crippen molar-refractivity contribution in [3.8, 4) is 17.2 Å². The molecule has 0 radical (unpaired) electrons. The van der Waals surface area contributed by atoms with Crippen molar-refractivity contribution in [1.82, 2.24) is 10.2 Å². The van der Waals surface area contributed by atoms with Crippen LogP contribution in [0, 0.1) is 0 Å². The van der Waals surface area contributed by atoms with Crippen molar-refractivity contribution in [2.24, 2.45) is 0 Å². The number of para-hydroxylation sites is 2. The summed E-state index contributed by atoms with van der Waals surface area (Å²) in [6.07, 6.45) is 3.38. The number of methoxy groups -OCH3 is 1. The Balaban J connectivity index is 1.32. The summed E-state index contributed by atoms with van der Waals surface area (Å²) in [5, 5.41) is 5.93. The molecule has 38 heavy (non-hydrogen) atoms. The molecule has 0 aromatic heterocycles. The molecule has 5 rings (SSSR count). The van der Waals surface area contributed by atoms with Crippen molar-refractivity contribution in [1.29, 1.82) is 0 Å². The predicted molar refractivity (Wildman–Crippen MR) is 143 cm³/mol. The molecule has 1 saturated carbocycles. The Hall–Kier alpha value is -4.33. The minimum atomic E-state index is -0.924. The lowest BCUT2D eigenvalue weighted by Crippen LogP contribution is -2.68. The Labute approximate surface area is 221 Å². The third-order valence-electron chi connectivity index (χ3n) is 7.12. The van der Waals surface area contributed by atoms with Crippen LogP contribution in [0.15, 0.2) is 78.9 Å². The minimum absolute atomic E-state index is 0.119. The Morgan fingerprint density at radius 2 is 1.61 bits per heavy atom. The average molecular weight is 514 g/mol. The zero-order valence-electron chi connectivity index (χ0n) is 21.3. The number of carbonyl (C=O) groups is 3. The van der Waals surface area contributed by atoms with Crippen LogP contribution >= 0.6 is 0 Å². The molecule has 2 fully saturated rings. The summed E-state index contributed by atoms with van der Waals surface area (Å²) in [5.74, 6) is 0.838. The number of hydrogen-bond donors (Lipinski definition) is 2. The summed E-state index contributed by atoms with van der Waals surface area (Å²) >= 11 is 0. The molecule has 8 heteroatoms. The van der Waals surface area contributed by atoms with Crippen molar-refractivity contribution in [2.45, 2.75) is 50.2 Å². The normalized spacial score (nSPS) is 20.6. The second kappa shape index (κ2) is 11.4. The van der Waals surface area contributed by atoms with E-state index in [-0.39, 0.29) is 36.2 Å². The minimum Gasteiger partial charge on any atom is -0.496 e. The summed E-state index contributed by atoms with van der Waals surface area (Å²) < 4.78 is 11.2. The lowest BCUT2D eigenvalue weighted by molar-refractivity contribution is -0.135. The number of piperazine rings is 1. The molecule has 1 heterocycles. The molecule has 1 saturated heterocycles. The van der Waals surface area contributed by atoms with Crippen LogP contribution in [0.2, 0.25) is 0 Å². The van der Waals surface area contributed by atoms with Gasteiger partial charge < -0.3 is 25.0 Å². The third-order valence-corrected chi connectivity index (χ3v) is 7.12. The van der Waals surface area contributed by atoms with E-state index in [1.807, 2.05) is 30.3 Å². The maximum Gasteiger partial charge on any atom is 0.258 e. The lowest BCUT2D eigenvalue weighted by Gasteiger charge is -2.48. The summed E-state index contributed by atoms with van der Waals surface area (Å²) in [6.45, 7) is 0. The fourth-order valence-corrected chi connectivity index (χ4v) is 5.31. The number of ether oxygens (including phenoxy) is 2. The second-order valence-electron chi connectivity index (χ2n) is 9.59. The van der Waals surface area contributed by atoms with E-state index < -0.39 is 6.04 Å². The monoisotopic (exact) mass is 513 g/mol. The Morgan fingerprint density at radius 1 is 0.921 bits per heavy atom. The number of anilines is 1. The molecule has 3 unspecified atom stereocenters. The first-order valence-corrected chi connectivity index (χ1v) is 12.9. The topological polar surface area (TPSA) is 97.0 Å². The molecule has 2 aliphatic rings. The van der Waals surface area contributed by atoms with Crippen LogP contribution in [0.25, 0.3) is 0 Å². The number of nitrogens with zero attached hydrogens (tertiary/aromatic N) is 1. The van der Waals surface area contributed by atoms with Gasteiger partial charge in [0.15, 0.2) is 0 Å². The molecule has 196 valence electrons. The van der Waals surface area contributed by atoms with Gasteiger partial charge in [0.25, 0.3) is 5.91 Å². The molecule has 3 aromatic carbocycles. The Bertz CT molecular complexity index is 1290. The van der Waals surface area contributed by atoms with E-state index in [2.05, 4.69) is 10.6 Å². The van der Waals surface area contributed by atoms with Crippen molar-refractivity contribution >= 4 is 23.4 Å². The molecule has 3 atom stereocenters. The maximum atomic E-state index is 13.8. The van der Waals surface area contributed by atoms with Crippen LogP contribution in [0.1, 0.15) is 42.5 Å². The van der Waals surface area contributed by atoms with E-state index in [0.717, 1.165) is 25.7 Å². The number of amides is 3. The maximum absolute atomic E-state index is 13.8. The van der Waals surface area contributed by atoms with Gasteiger partial charge in [0.2, 0.25) is 11.8 Å². The average Bonchev–Trinajstić information content (AvgIpc) is 2.94.